The number of thioether (sulfide) groups is 1. The van der Waals surface area contributed by atoms with Gasteiger partial charge in [-0.1, -0.05) is 13.0 Å². The van der Waals surface area contributed by atoms with Crippen LogP contribution in [0.4, 0.5) is 18.9 Å². The Morgan fingerprint density at radius 2 is 1.92 bits per heavy atom. The topological polar surface area (TPSA) is 70.0 Å². The maximum atomic E-state index is 12.8. The minimum atomic E-state index is -4.63. The van der Waals surface area contributed by atoms with Gasteiger partial charge in [0, 0.05) is 4.90 Å². The molecule has 0 saturated carbocycles. The number of benzene rings is 2. The molecule has 0 atom stereocenters. The number of nitrogens with one attached hydrogen (secondary N) is 1. The molecule has 0 unspecified atom stereocenters. The molecule has 0 aliphatic rings. The van der Waals surface area contributed by atoms with Gasteiger partial charge in [-0.2, -0.15) is 18.4 Å². The quantitative estimate of drug-likeness (QED) is 0.600. The van der Waals surface area contributed by atoms with Crippen molar-refractivity contribution in [1.29, 1.82) is 5.26 Å². The molecule has 0 bridgehead atoms. The highest BCUT2D eigenvalue weighted by molar-refractivity contribution is 8.03. The van der Waals surface area contributed by atoms with Gasteiger partial charge in [0.05, 0.1) is 16.1 Å². The number of thiocyanates is 1. The Balaban J connectivity index is 2.38. The number of nitrogens with zero attached hydrogens (tertiary/aromatic N) is 1. The molecular formula is C16H13F3N2O2S2. The third-order valence-corrected chi connectivity index (χ3v) is 5.28. The normalized spacial score (nSPS) is 11.8. The maximum Gasteiger partial charge on any atom is 0.416 e. The van der Waals surface area contributed by atoms with Gasteiger partial charge in [0.1, 0.15) is 5.40 Å². The molecule has 4 nitrogen and oxygen atoms in total. The summed E-state index contributed by atoms with van der Waals surface area (Å²) >= 11 is 0.936. The van der Waals surface area contributed by atoms with E-state index in [2.05, 4.69) is 4.72 Å². The Labute approximate surface area is 147 Å². The molecule has 2 aromatic carbocycles. The van der Waals surface area contributed by atoms with E-state index in [0.29, 0.717) is 22.9 Å². The summed E-state index contributed by atoms with van der Waals surface area (Å²) in [6, 6.07) is 8.27. The molecule has 0 aromatic heterocycles. The van der Waals surface area contributed by atoms with Crippen molar-refractivity contribution in [3.8, 4) is 5.40 Å². The average Bonchev–Trinajstić information content (AvgIpc) is 2.55. The van der Waals surface area contributed by atoms with Crippen LogP contribution < -0.4 is 4.72 Å². The largest absolute Gasteiger partial charge is 0.416 e. The smallest absolute Gasteiger partial charge is 0.279 e. The van der Waals surface area contributed by atoms with Crippen molar-refractivity contribution in [2.75, 3.05) is 4.72 Å². The minimum absolute atomic E-state index is 0.266. The molecule has 0 aliphatic heterocycles. The summed E-state index contributed by atoms with van der Waals surface area (Å²) in [6.45, 7) is 1.80. The summed E-state index contributed by atoms with van der Waals surface area (Å²) in [5, 5.41) is 10.6. The summed E-state index contributed by atoms with van der Waals surface area (Å²) in [7, 11) is -4.18. The molecule has 0 amide bonds. The van der Waals surface area contributed by atoms with E-state index in [1.165, 1.54) is 6.07 Å². The zero-order chi connectivity index (χ0) is 18.7. The summed E-state index contributed by atoms with van der Waals surface area (Å²) in [4.78, 5) is 0.182. The van der Waals surface area contributed by atoms with Crippen LogP contribution in [-0.4, -0.2) is 8.42 Å². The number of hydrogen-bond donors (Lipinski definition) is 1. The Morgan fingerprint density at radius 1 is 1.20 bits per heavy atom. The number of halogens is 3. The van der Waals surface area contributed by atoms with Gasteiger partial charge in [-0.3, -0.25) is 4.72 Å². The van der Waals surface area contributed by atoms with Gasteiger partial charge in [0.15, 0.2) is 0 Å². The second-order valence-corrected chi connectivity index (χ2v) is 7.54. The van der Waals surface area contributed by atoms with Crippen molar-refractivity contribution in [2.45, 2.75) is 29.3 Å². The minimum Gasteiger partial charge on any atom is -0.279 e. The van der Waals surface area contributed by atoms with Crippen molar-refractivity contribution in [1.82, 2.24) is 0 Å². The van der Waals surface area contributed by atoms with Crippen molar-refractivity contribution in [2.24, 2.45) is 0 Å². The lowest BCUT2D eigenvalue weighted by Gasteiger charge is -2.14. The van der Waals surface area contributed by atoms with Gasteiger partial charge in [0.2, 0.25) is 0 Å². The summed E-state index contributed by atoms with van der Waals surface area (Å²) in [6.07, 6.45) is -4.14. The fraction of sp³-hybridized carbons (Fsp3) is 0.188. The number of alkyl halides is 3. The first-order chi connectivity index (χ1) is 11.7. The molecule has 0 radical (unpaired) electrons. The number of anilines is 1. The van der Waals surface area contributed by atoms with E-state index in [0.717, 1.165) is 30.0 Å². The van der Waals surface area contributed by atoms with Crippen LogP contribution in [0.15, 0.2) is 52.3 Å². The zero-order valence-electron chi connectivity index (χ0n) is 13.0. The number of aryl methyl sites for hydroxylation is 1. The van der Waals surface area contributed by atoms with E-state index in [1.807, 2.05) is 5.40 Å². The van der Waals surface area contributed by atoms with Gasteiger partial charge in [-0.25, -0.2) is 8.42 Å². The average molecular weight is 386 g/mol. The first kappa shape index (κ1) is 19.1. The number of sulfonamides is 1. The molecule has 0 spiro atoms. The number of rotatable bonds is 5. The van der Waals surface area contributed by atoms with Crippen LogP contribution in [0, 0.1) is 10.7 Å². The van der Waals surface area contributed by atoms with Gasteiger partial charge in [0.25, 0.3) is 10.0 Å². The fourth-order valence-electron chi connectivity index (χ4n) is 2.12. The fourth-order valence-corrected chi connectivity index (χ4v) is 3.71. The molecule has 0 fully saturated rings. The highest BCUT2D eigenvalue weighted by Gasteiger charge is 2.31. The third-order valence-electron chi connectivity index (χ3n) is 3.34. The van der Waals surface area contributed by atoms with Crippen LogP contribution in [-0.2, 0) is 22.6 Å². The van der Waals surface area contributed by atoms with Crippen molar-refractivity contribution >= 4 is 27.5 Å². The van der Waals surface area contributed by atoms with E-state index in [9.17, 15) is 21.6 Å². The second kappa shape index (κ2) is 7.37. The number of hydrogen-bond acceptors (Lipinski definition) is 4. The van der Waals surface area contributed by atoms with Crippen molar-refractivity contribution in [3.63, 3.8) is 0 Å². The van der Waals surface area contributed by atoms with E-state index in [-0.39, 0.29) is 5.69 Å². The van der Waals surface area contributed by atoms with E-state index in [1.54, 1.807) is 19.1 Å². The molecule has 2 aromatic rings. The van der Waals surface area contributed by atoms with Crippen LogP contribution in [0.25, 0.3) is 0 Å². The first-order valence-electron chi connectivity index (χ1n) is 7.06. The molecule has 9 heteroatoms. The summed E-state index contributed by atoms with van der Waals surface area (Å²) in [5.41, 5.74) is -0.134. The first-order valence-corrected chi connectivity index (χ1v) is 9.36. The van der Waals surface area contributed by atoms with Gasteiger partial charge in [-0.05, 0) is 60.1 Å². The van der Waals surface area contributed by atoms with Gasteiger partial charge < -0.3 is 0 Å². The van der Waals surface area contributed by atoms with Gasteiger partial charge in [-0.15, -0.1) is 0 Å². The van der Waals surface area contributed by atoms with Crippen molar-refractivity contribution in [3.05, 3.63) is 53.6 Å². The molecule has 0 heterocycles. The van der Waals surface area contributed by atoms with Gasteiger partial charge >= 0.3 is 6.18 Å². The molecule has 2 rings (SSSR count). The van der Waals surface area contributed by atoms with Crippen molar-refractivity contribution < 1.29 is 21.6 Å². The lowest BCUT2D eigenvalue weighted by atomic mass is 10.1. The van der Waals surface area contributed by atoms with Crippen LogP contribution in [0.1, 0.15) is 18.1 Å². The second-order valence-electron chi connectivity index (χ2n) is 5.00. The Kier molecular flexibility index (Phi) is 5.65. The zero-order valence-corrected chi connectivity index (χ0v) is 14.6. The molecule has 25 heavy (non-hydrogen) atoms. The lowest BCUT2D eigenvalue weighted by Crippen LogP contribution is -2.15. The van der Waals surface area contributed by atoms with Crippen LogP contribution in [0.5, 0.6) is 0 Å². The standard InChI is InChI=1S/C16H13F3N2O2S2/c1-2-11-8-13(24-10-20)6-7-15(11)21-25(22,23)14-5-3-4-12(9-14)16(17,18)19/h3-9,21H,2H2,1H3. The predicted molar refractivity (Wildman–Crippen MR) is 89.5 cm³/mol. The lowest BCUT2D eigenvalue weighted by molar-refractivity contribution is -0.137. The molecule has 0 aliphatic carbocycles. The summed E-state index contributed by atoms with van der Waals surface area (Å²) < 4.78 is 65.5. The molecule has 0 saturated heterocycles. The van der Waals surface area contributed by atoms with E-state index < -0.39 is 26.7 Å². The van der Waals surface area contributed by atoms with Crippen LogP contribution >= 0.6 is 11.8 Å². The molecule has 132 valence electrons. The SMILES string of the molecule is CCc1cc(SC#N)ccc1NS(=O)(=O)c1cccc(C(F)(F)F)c1. The Hall–Kier alpha value is -2.18. The molecular weight excluding hydrogens is 373 g/mol. The summed E-state index contributed by atoms with van der Waals surface area (Å²) in [5.74, 6) is 0. The van der Waals surface area contributed by atoms with E-state index >= 15 is 0 Å². The highest BCUT2D eigenvalue weighted by Crippen LogP contribution is 2.31. The Morgan fingerprint density at radius 3 is 2.52 bits per heavy atom. The predicted octanol–water partition coefficient (Wildman–Crippen LogP) is 4.64. The van der Waals surface area contributed by atoms with Crippen LogP contribution in [0.2, 0.25) is 0 Å². The third kappa shape index (κ3) is 4.67. The monoisotopic (exact) mass is 386 g/mol. The maximum absolute atomic E-state index is 12.8. The molecule has 1 N–H and O–H groups in total. The van der Waals surface area contributed by atoms with Crippen LogP contribution in [0.3, 0.4) is 0 Å². The number of nitriles is 1. The highest BCUT2D eigenvalue weighted by atomic mass is 32.2. The van der Waals surface area contributed by atoms with E-state index in [4.69, 9.17) is 5.26 Å². The Bertz CT molecular complexity index is 920.